The summed E-state index contributed by atoms with van der Waals surface area (Å²) in [5.74, 6) is 1.75. The molecule has 3 saturated carbocycles. The van der Waals surface area contributed by atoms with E-state index in [1.54, 1.807) is 0 Å². The predicted octanol–water partition coefficient (Wildman–Crippen LogP) is 3.72. The molecule has 0 aliphatic heterocycles. The van der Waals surface area contributed by atoms with Crippen molar-refractivity contribution in [3.8, 4) is 0 Å². The Kier molecular flexibility index (Phi) is 5.51. The summed E-state index contributed by atoms with van der Waals surface area (Å²) in [7, 11) is 0. The van der Waals surface area contributed by atoms with Gasteiger partial charge in [0.15, 0.2) is 0 Å². The third-order valence-corrected chi connectivity index (χ3v) is 9.13. The second-order valence-electron chi connectivity index (χ2n) is 10.5. The average Bonchev–Trinajstić information content (AvgIpc) is 3.06. The molecule has 0 radical (unpaired) electrons. The van der Waals surface area contributed by atoms with Crippen LogP contribution in [0.25, 0.3) is 0 Å². The Bertz CT molecular complexity index is 865. The lowest BCUT2D eigenvalue weighted by atomic mass is 9.44. The maximum Gasteiger partial charge on any atom is 0.332 e. The number of amides is 2. The number of nitrogens with zero attached hydrogens (tertiary/aromatic N) is 1. The highest BCUT2D eigenvalue weighted by Crippen LogP contribution is 2.65. The fourth-order valence-corrected chi connectivity index (χ4v) is 7.59. The quantitative estimate of drug-likeness (QED) is 0.404. The van der Waals surface area contributed by atoms with E-state index in [2.05, 4.69) is 30.5 Å². The summed E-state index contributed by atoms with van der Waals surface area (Å²) in [6, 6.07) is -0.703. The van der Waals surface area contributed by atoms with Gasteiger partial charge in [-0.3, -0.25) is 9.59 Å². The Morgan fingerprint density at radius 1 is 1.19 bits per heavy atom. The summed E-state index contributed by atoms with van der Waals surface area (Å²) in [5, 5.41) is 4.12. The molecule has 4 aliphatic rings. The van der Waals surface area contributed by atoms with Crippen LogP contribution in [0, 0.1) is 34.5 Å². The Labute approximate surface area is 184 Å². The molecule has 7 nitrogen and oxygen atoms in total. The Morgan fingerprint density at radius 2 is 1.94 bits per heavy atom. The lowest BCUT2D eigenvalue weighted by Gasteiger charge is -2.60. The molecule has 170 valence electrons. The van der Waals surface area contributed by atoms with Crippen LogP contribution in [0.3, 0.4) is 0 Å². The van der Waals surface area contributed by atoms with Gasteiger partial charge in [0.05, 0.1) is 11.1 Å². The molecule has 0 spiro atoms. The van der Waals surface area contributed by atoms with Crippen LogP contribution in [0.4, 0.5) is 4.79 Å². The predicted molar refractivity (Wildman–Crippen MR) is 117 cm³/mol. The van der Waals surface area contributed by atoms with Crippen LogP contribution >= 0.6 is 0 Å². The van der Waals surface area contributed by atoms with Crippen LogP contribution in [0.1, 0.15) is 72.6 Å². The number of fused-ring (bicyclic) bond motifs is 5. The van der Waals surface area contributed by atoms with E-state index in [4.69, 9.17) is 10.5 Å². The van der Waals surface area contributed by atoms with E-state index in [0.29, 0.717) is 35.7 Å². The van der Waals surface area contributed by atoms with Gasteiger partial charge in [-0.15, -0.1) is 0 Å². The van der Waals surface area contributed by atoms with Crippen LogP contribution < -0.4 is 11.2 Å². The summed E-state index contributed by atoms with van der Waals surface area (Å²) in [6.07, 6.45) is 8.70. The van der Waals surface area contributed by atoms with Gasteiger partial charge in [0.2, 0.25) is 0 Å². The number of esters is 1. The number of allylic oxidation sites excluding steroid dienone is 2. The summed E-state index contributed by atoms with van der Waals surface area (Å²) < 4.78 is 5.54. The van der Waals surface area contributed by atoms with Crippen molar-refractivity contribution in [3.05, 3.63) is 11.6 Å². The highest BCUT2D eigenvalue weighted by atomic mass is 16.5. The molecule has 0 bridgehead atoms. The fourth-order valence-electron chi connectivity index (χ4n) is 7.59. The standard InChI is InChI=1S/C24H35N3O4/c1-13(26-27-22(25)30)18-7-8-19-17-6-5-15-11-16(31-14(2)28)9-10-23(15,3)20(17)12-21(29)24(18,19)4/h7,15-17,19-20H,5-6,8-12H2,1-4H3,(H3,25,27,30)/b26-13+/t15-,16-,17-,19-,20-,23-,24+/m0/s1. The minimum atomic E-state index is -0.703. The molecular weight excluding hydrogens is 394 g/mol. The first kappa shape index (κ1) is 22.0. The van der Waals surface area contributed by atoms with Crippen LogP contribution in [-0.4, -0.2) is 29.6 Å². The van der Waals surface area contributed by atoms with Crippen molar-refractivity contribution < 1.29 is 19.1 Å². The van der Waals surface area contributed by atoms with Gasteiger partial charge in [0, 0.05) is 13.3 Å². The van der Waals surface area contributed by atoms with Crippen LogP contribution in [0.15, 0.2) is 16.8 Å². The van der Waals surface area contributed by atoms with Gasteiger partial charge < -0.3 is 10.5 Å². The first-order valence-corrected chi connectivity index (χ1v) is 11.6. The largest absolute Gasteiger partial charge is 0.463 e. The minimum Gasteiger partial charge on any atom is -0.463 e. The Morgan fingerprint density at radius 3 is 2.61 bits per heavy atom. The molecule has 4 rings (SSSR count). The molecule has 0 aromatic heterocycles. The minimum absolute atomic E-state index is 0.0213. The molecular formula is C24H35N3O4. The lowest BCUT2D eigenvalue weighted by molar-refractivity contribution is -0.162. The number of nitrogens with one attached hydrogen (secondary N) is 1. The molecule has 31 heavy (non-hydrogen) atoms. The van der Waals surface area contributed by atoms with E-state index in [-0.39, 0.29) is 23.4 Å². The van der Waals surface area contributed by atoms with E-state index < -0.39 is 11.4 Å². The van der Waals surface area contributed by atoms with Crippen molar-refractivity contribution in [2.45, 2.75) is 78.7 Å². The van der Waals surface area contributed by atoms with Gasteiger partial charge in [0.1, 0.15) is 11.9 Å². The van der Waals surface area contributed by atoms with Crippen molar-refractivity contribution in [1.29, 1.82) is 0 Å². The highest BCUT2D eigenvalue weighted by Gasteiger charge is 2.62. The number of primary amides is 1. The molecule has 2 amide bonds. The number of ether oxygens (including phenoxy) is 1. The van der Waals surface area contributed by atoms with E-state index in [0.717, 1.165) is 44.1 Å². The molecule has 0 heterocycles. The van der Waals surface area contributed by atoms with Crippen molar-refractivity contribution in [2.75, 3.05) is 0 Å². The summed E-state index contributed by atoms with van der Waals surface area (Å²) in [6.45, 7) is 7.77. The normalized spacial score (nSPS) is 42.1. The van der Waals surface area contributed by atoms with Crippen molar-refractivity contribution in [1.82, 2.24) is 5.43 Å². The zero-order valence-corrected chi connectivity index (χ0v) is 19.1. The van der Waals surface area contributed by atoms with E-state index in [1.807, 2.05) is 6.92 Å². The number of ketones is 1. The van der Waals surface area contributed by atoms with Gasteiger partial charge >= 0.3 is 12.0 Å². The first-order chi connectivity index (χ1) is 14.6. The summed E-state index contributed by atoms with van der Waals surface area (Å²) in [5.41, 5.74) is 8.65. The molecule has 7 heteroatoms. The van der Waals surface area contributed by atoms with Crippen LogP contribution in [-0.2, 0) is 14.3 Å². The maximum atomic E-state index is 13.7. The number of nitrogens with two attached hydrogens (primary N) is 1. The van der Waals surface area contributed by atoms with Gasteiger partial charge in [0.25, 0.3) is 0 Å². The maximum absolute atomic E-state index is 13.7. The number of carbonyl (C=O) groups excluding carboxylic acids is 3. The number of carbonyl (C=O) groups is 3. The Hall–Kier alpha value is -2.18. The molecule has 4 aliphatic carbocycles. The molecule has 0 unspecified atom stereocenters. The number of Topliss-reactive ketones (excluding diaryl/α,β-unsaturated/α-hetero) is 1. The summed E-state index contributed by atoms with van der Waals surface area (Å²) >= 11 is 0. The van der Waals surface area contributed by atoms with Gasteiger partial charge in [-0.1, -0.05) is 13.0 Å². The van der Waals surface area contributed by atoms with E-state index in [9.17, 15) is 14.4 Å². The van der Waals surface area contributed by atoms with Gasteiger partial charge in [-0.2, -0.15) is 5.10 Å². The third kappa shape index (κ3) is 3.50. The van der Waals surface area contributed by atoms with Gasteiger partial charge in [-0.05, 0) is 87.0 Å². The fraction of sp³-hybridized carbons (Fsp3) is 0.750. The monoisotopic (exact) mass is 429 g/mol. The van der Waals surface area contributed by atoms with E-state index in [1.165, 1.54) is 6.92 Å². The zero-order valence-electron chi connectivity index (χ0n) is 19.1. The van der Waals surface area contributed by atoms with Crippen molar-refractivity contribution >= 4 is 23.5 Å². The zero-order chi connectivity index (χ0) is 22.6. The second-order valence-corrected chi connectivity index (χ2v) is 10.5. The summed E-state index contributed by atoms with van der Waals surface area (Å²) in [4.78, 5) is 36.2. The first-order valence-electron chi connectivity index (χ1n) is 11.6. The van der Waals surface area contributed by atoms with Crippen LogP contribution in [0.5, 0.6) is 0 Å². The molecule has 7 atom stereocenters. The molecule has 0 aromatic rings. The molecule has 0 aromatic carbocycles. The third-order valence-electron chi connectivity index (χ3n) is 9.13. The lowest BCUT2D eigenvalue weighted by Crippen LogP contribution is -2.57. The number of hydrogen-bond acceptors (Lipinski definition) is 5. The SMILES string of the molecule is CC(=O)O[C@H]1CC[C@@]2(C)[C@@H](CC[C@H]3[C@@H]4CC=C(/C(C)=N/NC(N)=O)[C@@]4(C)C(=O)C[C@@H]32)C1. The van der Waals surface area contributed by atoms with E-state index >= 15 is 0 Å². The van der Waals surface area contributed by atoms with Crippen molar-refractivity contribution in [3.63, 3.8) is 0 Å². The molecule has 3 fully saturated rings. The van der Waals surface area contributed by atoms with Crippen molar-refractivity contribution in [2.24, 2.45) is 45.3 Å². The molecule has 3 N–H and O–H groups in total. The number of urea groups is 1. The molecule has 0 saturated heterocycles. The number of hydrazone groups is 1. The second kappa shape index (κ2) is 7.75. The Balaban J connectivity index is 1.57. The van der Waals surface area contributed by atoms with Gasteiger partial charge in [-0.25, -0.2) is 10.2 Å². The highest BCUT2D eigenvalue weighted by molar-refractivity contribution is 6.07. The average molecular weight is 430 g/mol. The van der Waals surface area contributed by atoms with Crippen LogP contribution in [0.2, 0.25) is 0 Å². The smallest absolute Gasteiger partial charge is 0.332 e. The topological polar surface area (TPSA) is 111 Å². The number of hydrogen-bond donors (Lipinski definition) is 2. The number of rotatable bonds is 3.